The predicted octanol–water partition coefficient (Wildman–Crippen LogP) is 5.38. The number of rotatable bonds is 6. The fraction of sp³-hybridized carbons (Fsp3) is 0.133. The minimum atomic E-state index is -1.54. The summed E-state index contributed by atoms with van der Waals surface area (Å²) in [7, 11) is 0. The fourth-order valence-corrected chi connectivity index (χ4v) is 4.53. The smallest absolute Gasteiger partial charge is 0.339 e. The number of hydrogen-bond donors (Lipinski definition) is 1. The Hall–Kier alpha value is -4.58. The number of ether oxygens (including phenoxy) is 1. The monoisotopic (exact) mass is 477 g/mol. The summed E-state index contributed by atoms with van der Waals surface area (Å²) < 4.78 is 5.53. The quantitative estimate of drug-likeness (QED) is 0.174. The molecule has 178 valence electrons. The molecule has 0 saturated heterocycles. The average Bonchev–Trinajstić information content (AvgIpc) is 3.22. The topological polar surface area (TPSA) is 89.5 Å². The molecule has 36 heavy (non-hydrogen) atoms. The molecule has 2 atom stereocenters. The second-order valence-corrected chi connectivity index (χ2v) is 8.95. The van der Waals surface area contributed by atoms with Crippen molar-refractivity contribution >= 4 is 39.9 Å². The Morgan fingerprint density at radius 3 is 2.36 bits per heavy atom. The highest BCUT2D eigenvalue weighted by atomic mass is 16.5. The lowest BCUT2D eigenvalue weighted by molar-refractivity contribution is -0.138. The minimum absolute atomic E-state index is 0.256. The molecule has 0 spiro atoms. The number of nitrogens with one attached hydrogen (secondary N) is 1. The number of carbonyl (C=O) groups is 4. The first-order valence-corrected chi connectivity index (χ1v) is 11.6. The molecule has 6 nitrogen and oxygen atoms in total. The van der Waals surface area contributed by atoms with E-state index in [9.17, 15) is 19.2 Å². The van der Waals surface area contributed by atoms with E-state index in [2.05, 4.69) is 5.32 Å². The van der Waals surface area contributed by atoms with Crippen molar-refractivity contribution in [2.75, 3.05) is 5.32 Å². The van der Waals surface area contributed by atoms with Crippen molar-refractivity contribution < 1.29 is 23.9 Å². The number of Topliss-reactive ketones (excluding diaryl/α,β-unsaturated/α-hetero) is 2. The number of aryl methyl sites for hydroxylation is 2. The maximum atomic E-state index is 13.8. The molecule has 1 amide bonds. The first kappa shape index (κ1) is 23.2. The first-order valence-electron chi connectivity index (χ1n) is 11.6. The van der Waals surface area contributed by atoms with Crippen molar-refractivity contribution in [2.45, 2.75) is 20.0 Å². The van der Waals surface area contributed by atoms with Gasteiger partial charge in [-0.2, -0.15) is 0 Å². The molecule has 1 aliphatic rings. The summed E-state index contributed by atoms with van der Waals surface area (Å²) in [6.07, 6.45) is -1.20. The largest absolute Gasteiger partial charge is 0.453 e. The van der Waals surface area contributed by atoms with Gasteiger partial charge in [-0.15, -0.1) is 0 Å². The van der Waals surface area contributed by atoms with Gasteiger partial charge in [0, 0.05) is 16.8 Å². The zero-order valence-electron chi connectivity index (χ0n) is 19.8. The molecule has 1 aliphatic heterocycles. The van der Waals surface area contributed by atoms with Crippen LogP contribution in [0.25, 0.3) is 10.8 Å². The molecule has 0 fully saturated rings. The molecule has 1 N–H and O–H groups in total. The Bertz CT molecular complexity index is 1550. The molecule has 0 saturated carbocycles. The van der Waals surface area contributed by atoms with Crippen LogP contribution in [0, 0.1) is 19.8 Å². The Morgan fingerprint density at radius 2 is 1.56 bits per heavy atom. The van der Waals surface area contributed by atoms with Crippen LogP contribution in [-0.2, 0) is 14.3 Å². The van der Waals surface area contributed by atoms with Crippen molar-refractivity contribution in [3.63, 3.8) is 0 Å². The summed E-state index contributed by atoms with van der Waals surface area (Å²) in [5.41, 5.74) is 3.11. The van der Waals surface area contributed by atoms with E-state index in [1.165, 1.54) is 0 Å². The van der Waals surface area contributed by atoms with Gasteiger partial charge in [-0.25, -0.2) is 4.79 Å². The van der Waals surface area contributed by atoms with Crippen LogP contribution < -0.4 is 5.32 Å². The van der Waals surface area contributed by atoms with Gasteiger partial charge in [0.15, 0.2) is 5.78 Å². The van der Waals surface area contributed by atoms with E-state index in [-0.39, 0.29) is 11.1 Å². The van der Waals surface area contributed by atoms with Crippen LogP contribution in [-0.4, -0.2) is 23.4 Å². The van der Waals surface area contributed by atoms with Gasteiger partial charge in [0.25, 0.3) is 5.91 Å². The lowest BCUT2D eigenvalue weighted by atomic mass is 9.84. The molecule has 0 unspecified atom stereocenters. The van der Waals surface area contributed by atoms with Gasteiger partial charge in [0.1, 0.15) is 12.0 Å². The molecule has 4 aromatic rings. The number of cyclic esters (lactones) is 1. The van der Waals surface area contributed by atoms with Gasteiger partial charge in [-0.3, -0.25) is 14.4 Å². The standard InChI is InChI=1S/C30H23NO5/c1-17-11-12-18(2)24(15-17)31-29(34)27(33)25(28-22-9-5-6-10-23(22)30(35)36-28)26(32)21-14-13-19-7-3-4-8-20(19)16-21/h3-16,25,28H,1-2H3,(H,31,34)/t25-,28-/m0/s1. The normalized spacial score (nSPS) is 15.2. The number of fused-ring (bicyclic) bond motifs is 2. The second kappa shape index (κ2) is 9.23. The van der Waals surface area contributed by atoms with Crippen molar-refractivity contribution in [1.82, 2.24) is 0 Å². The van der Waals surface area contributed by atoms with Crippen LogP contribution in [0.4, 0.5) is 5.69 Å². The highest BCUT2D eigenvalue weighted by Crippen LogP contribution is 2.38. The van der Waals surface area contributed by atoms with E-state index < -0.39 is 35.5 Å². The molecule has 5 rings (SSSR count). The highest BCUT2D eigenvalue weighted by molar-refractivity contribution is 6.45. The first-order chi connectivity index (χ1) is 17.3. The summed E-state index contributed by atoms with van der Waals surface area (Å²) in [4.78, 5) is 53.1. The average molecular weight is 478 g/mol. The van der Waals surface area contributed by atoms with Gasteiger partial charge in [0.2, 0.25) is 5.78 Å². The molecule has 0 aliphatic carbocycles. The molecular weight excluding hydrogens is 454 g/mol. The van der Waals surface area contributed by atoms with E-state index in [4.69, 9.17) is 4.74 Å². The highest BCUT2D eigenvalue weighted by Gasteiger charge is 2.46. The SMILES string of the molecule is Cc1ccc(C)c(NC(=O)C(=O)[C@H](C(=O)c2ccc3ccccc3c2)[C@H]2OC(=O)c3ccccc32)c1. The van der Waals surface area contributed by atoms with Crippen LogP contribution in [0.1, 0.15) is 43.5 Å². The third kappa shape index (κ3) is 4.18. The molecule has 6 heteroatoms. The Kier molecular flexibility index (Phi) is 5.94. The number of hydrogen-bond acceptors (Lipinski definition) is 5. The zero-order valence-corrected chi connectivity index (χ0v) is 19.8. The lowest BCUT2D eigenvalue weighted by Gasteiger charge is -2.21. The number of esters is 1. The van der Waals surface area contributed by atoms with Crippen molar-refractivity contribution in [3.05, 3.63) is 113 Å². The van der Waals surface area contributed by atoms with Crippen LogP contribution >= 0.6 is 0 Å². The van der Waals surface area contributed by atoms with Gasteiger partial charge < -0.3 is 10.1 Å². The number of benzene rings is 4. The zero-order chi connectivity index (χ0) is 25.4. The summed E-state index contributed by atoms with van der Waals surface area (Å²) in [5.74, 6) is -4.67. The maximum Gasteiger partial charge on any atom is 0.339 e. The third-order valence-corrected chi connectivity index (χ3v) is 6.49. The summed E-state index contributed by atoms with van der Waals surface area (Å²) >= 11 is 0. The Labute approximate surface area is 207 Å². The summed E-state index contributed by atoms with van der Waals surface area (Å²) in [6.45, 7) is 3.68. The molecule has 1 heterocycles. The van der Waals surface area contributed by atoms with Gasteiger partial charge >= 0.3 is 5.97 Å². The minimum Gasteiger partial charge on any atom is -0.453 e. The molecule has 4 aromatic carbocycles. The number of ketones is 2. The summed E-state index contributed by atoms with van der Waals surface area (Å²) in [5, 5.41) is 4.40. The third-order valence-electron chi connectivity index (χ3n) is 6.49. The van der Waals surface area contributed by atoms with Crippen molar-refractivity contribution in [2.24, 2.45) is 5.92 Å². The van der Waals surface area contributed by atoms with Crippen LogP contribution in [0.3, 0.4) is 0 Å². The van der Waals surface area contributed by atoms with E-state index in [0.717, 1.165) is 21.9 Å². The molecule has 0 aromatic heterocycles. The van der Waals surface area contributed by atoms with Crippen LogP contribution in [0.5, 0.6) is 0 Å². The van der Waals surface area contributed by atoms with Gasteiger partial charge in [0.05, 0.1) is 5.56 Å². The van der Waals surface area contributed by atoms with E-state index >= 15 is 0 Å². The molecular formula is C30H23NO5. The van der Waals surface area contributed by atoms with E-state index in [1.54, 1.807) is 48.5 Å². The number of carbonyl (C=O) groups excluding carboxylic acids is 4. The Morgan fingerprint density at radius 1 is 0.833 bits per heavy atom. The number of anilines is 1. The second-order valence-electron chi connectivity index (χ2n) is 8.95. The van der Waals surface area contributed by atoms with Crippen LogP contribution in [0.2, 0.25) is 0 Å². The van der Waals surface area contributed by atoms with Crippen LogP contribution in [0.15, 0.2) is 84.9 Å². The van der Waals surface area contributed by atoms with Gasteiger partial charge in [-0.05, 0) is 53.9 Å². The van der Waals surface area contributed by atoms with E-state index in [1.807, 2.05) is 50.2 Å². The predicted molar refractivity (Wildman–Crippen MR) is 136 cm³/mol. The van der Waals surface area contributed by atoms with Crippen molar-refractivity contribution in [1.29, 1.82) is 0 Å². The lowest BCUT2D eigenvalue weighted by Crippen LogP contribution is -2.38. The Balaban J connectivity index is 1.55. The fourth-order valence-electron chi connectivity index (χ4n) is 4.53. The van der Waals surface area contributed by atoms with Crippen molar-refractivity contribution in [3.8, 4) is 0 Å². The molecule has 0 radical (unpaired) electrons. The maximum absolute atomic E-state index is 13.8. The van der Waals surface area contributed by atoms with E-state index in [0.29, 0.717) is 11.3 Å². The molecule has 0 bridgehead atoms. The van der Waals surface area contributed by atoms with Gasteiger partial charge in [-0.1, -0.05) is 66.7 Å². The summed E-state index contributed by atoms with van der Waals surface area (Å²) in [6, 6.07) is 24.7. The number of amides is 1.